The van der Waals surface area contributed by atoms with Crippen molar-refractivity contribution in [3.63, 3.8) is 0 Å². The second-order valence-corrected chi connectivity index (χ2v) is 6.56. The Morgan fingerprint density at radius 2 is 1.22 bits per heavy atom. The van der Waals surface area contributed by atoms with Crippen LogP contribution in [-0.4, -0.2) is 42.4 Å². The molecule has 3 nitrogen and oxygen atoms in total. The third kappa shape index (κ3) is 3.86. The molecule has 1 fully saturated rings. The van der Waals surface area contributed by atoms with E-state index in [4.69, 9.17) is 23.2 Å². The second-order valence-electron chi connectivity index (χ2n) is 5.68. The monoisotopic (exact) mass is 348 g/mol. The zero-order valence-corrected chi connectivity index (χ0v) is 14.2. The van der Waals surface area contributed by atoms with Gasteiger partial charge in [0.15, 0.2) is 0 Å². The maximum atomic E-state index is 10.9. The Morgan fingerprint density at radius 3 is 1.61 bits per heavy atom. The number of hydrogen-bond donors (Lipinski definition) is 0. The summed E-state index contributed by atoms with van der Waals surface area (Å²) in [5.41, 5.74) is 2.38. The van der Waals surface area contributed by atoms with Gasteiger partial charge in [-0.15, -0.1) is 0 Å². The van der Waals surface area contributed by atoms with E-state index < -0.39 is 0 Å². The summed E-state index contributed by atoms with van der Waals surface area (Å²) in [6, 6.07) is 16.1. The van der Waals surface area contributed by atoms with Gasteiger partial charge in [-0.25, -0.2) is 0 Å². The van der Waals surface area contributed by atoms with Crippen LogP contribution < -0.4 is 0 Å². The van der Waals surface area contributed by atoms with Gasteiger partial charge in [0, 0.05) is 36.2 Å². The number of rotatable bonds is 4. The normalized spacial score (nSPS) is 15.9. The lowest BCUT2D eigenvalue weighted by atomic mass is 9.96. The fourth-order valence-corrected chi connectivity index (χ4v) is 3.26. The van der Waals surface area contributed by atoms with E-state index in [2.05, 4.69) is 29.2 Å². The van der Waals surface area contributed by atoms with Gasteiger partial charge in [0.05, 0.1) is 6.04 Å². The number of carbonyl (C=O) groups is 1. The van der Waals surface area contributed by atoms with Crippen LogP contribution in [0.1, 0.15) is 17.2 Å². The summed E-state index contributed by atoms with van der Waals surface area (Å²) in [6.07, 6.45) is 0.928. The lowest BCUT2D eigenvalue weighted by Gasteiger charge is -2.38. The molecule has 1 heterocycles. The van der Waals surface area contributed by atoms with Gasteiger partial charge in [-0.1, -0.05) is 47.5 Å². The van der Waals surface area contributed by atoms with Crippen molar-refractivity contribution in [1.29, 1.82) is 0 Å². The molecule has 2 aromatic rings. The quantitative estimate of drug-likeness (QED) is 0.783. The minimum Gasteiger partial charge on any atom is -0.343 e. The number of halogens is 2. The van der Waals surface area contributed by atoms with E-state index in [1.54, 1.807) is 0 Å². The number of nitrogens with zero attached hydrogens (tertiary/aromatic N) is 2. The molecule has 0 aromatic heterocycles. The summed E-state index contributed by atoms with van der Waals surface area (Å²) in [7, 11) is 0. The fraction of sp³-hybridized carbons (Fsp3) is 0.278. The average Bonchev–Trinajstić information content (AvgIpc) is 2.59. The molecule has 0 saturated carbocycles. The highest BCUT2D eigenvalue weighted by Crippen LogP contribution is 2.31. The predicted octanol–water partition coefficient (Wildman–Crippen LogP) is 3.86. The smallest absolute Gasteiger partial charge is 0.209 e. The molecule has 0 radical (unpaired) electrons. The molecule has 0 spiro atoms. The van der Waals surface area contributed by atoms with Crippen molar-refractivity contribution >= 4 is 29.6 Å². The molecule has 1 aliphatic heterocycles. The van der Waals surface area contributed by atoms with Crippen LogP contribution in [0, 0.1) is 0 Å². The van der Waals surface area contributed by atoms with Gasteiger partial charge in [0.2, 0.25) is 6.41 Å². The summed E-state index contributed by atoms with van der Waals surface area (Å²) >= 11 is 12.1. The molecule has 0 aliphatic carbocycles. The highest BCUT2D eigenvalue weighted by atomic mass is 35.5. The summed E-state index contributed by atoms with van der Waals surface area (Å²) in [4.78, 5) is 15.1. The van der Waals surface area contributed by atoms with Gasteiger partial charge in [-0.05, 0) is 35.4 Å². The van der Waals surface area contributed by atoms with Crippen LogP contribution in [0.2, 0.25) is 10.0 Å². The van der Waals surface area contributed by atoms with E-state index in [1.807, 2.05) is 29.2 Å². The van der Waals surface area contributed by atoms with Gasteiger partial charge in [0.1, 0.15) is 0 Å². The van der Waals surface area contributed by atoms with Crippen LogP contribution in [0.15, 0.2) is 48.5 Å². The van der Waals surface area contributed by atoms with Crippen LogP contribution in [0.5, 0.6) is 0 Å². The molecule has 0 bridgehead atoms. The van der Waals surface area contributed by atoms with Crippen molar-refractivity contribution in [2.24, 2.45) is 0 Å². The lowest BCUT2D eigenvalue weighted by Crippen LogP contribution is -2.47. The Morgan fingerprint density at radius 1 is 0.783 bits per heavy atom. The Bertz CT molecular complexity index is 604. The zero-order chi connectivity index (χ0) is 16.2. The largest absolute Gasteiger partial charge is 0.343 e. The zero-order valence-electron chi connectivity index (χ0n) is 12.7. The number of piperazine rings is 1. The molecular weight excluding hydrogens is 331 g/mol. The standard InChI is InChI=1S/C18H18Cl2N2O/c19-16-5-1-14(2-6-16)18(15-3-7-17(20)8-4-15)22-11-9-21(13-23)10-12-22/h1-8,13,18H,9-12H2. The summed E-state index contributed by atoms with van der Waals surface area (Å²) < 4.78 is 0. The number of carbonyl (C=O) groups excluding carboxylic acids is 1. The van der Waals surface area contributed by atoms with Gasteiger partial charge in [-0.2, -0.15) is 0 Å². The lowest BCUT2D eigenvalue weighted by molar-refractivity contribution is -0.119. The minimum atomic E-state index is 0.137. The van der Waals surface area contributed by atoms with E-state index in [1.165, 1.54) is 11.1 Å². The number of benzene rings is 2. The number of hydrogen-bond acceptors (Lipinski definition) is 2. The second kappa shape index (κ2) is 7.35. The van der Waals surface area contributed by atoms with Crippen LogP contribution in [0.25, 0.3) is 0 Å². The SMILES string of the molecule is O=CN1CCN(C(c2ccc(Cl)cc2)c2ccc(Cl)cc2)CC1. The fourth-order valence-electron chi connectivity index (χ4n) is 3.01. The first-order chi connectivity index (χ1) is 11.2. The summed E-state index contributed by atoms with van der Waals surface area (Å²) in [5, 5.41) is 1.46. The van der Waals surface area contributed by atoms with E-state index in [0.29, 0.717) is 0 Å². The van der Waals surface area contributed by atoms with Crippen molar-refractivity contribution < 1.29 is 4.79 Å². The van der Waals surface area contributed by atoms with Gasteiger partial charge in [0.25, 0.3) is 0 Å². The Balaban J connectivity index is 1.91. The van der Waals surface area contributed by atoms with Crippen LogP contribution in [0.4, 0.5) is 0 Å². The predicted molar refractivity (Wildman–Crippen MR) is 94.0 cm³/mol. The van der Waals surface area contributed by atoms with Gasteiger partial charge < -0.3 is 4.90 Å². The van der Waals surface area contributed by atoms with Crippen LogP contribution >= 0.6 is 23.2 Å². The Labute approximate surface area is 146 Å². The summed E-state index contributed by atoms with van der Waals surface area (Å²) in [5.74, 6) is 0. The molecule has 0 atom stereocenters. The van der Waals surface area contributed by atoms with Gasteiger partial charge >= 0.3 is 0 Å². The molecule has 1 amide bonds. The van der Waals surface area contributed by atoms with E-state index >= 15 is 0 Å². The molecule has 5 heteroatoms. The van der Waals surface area contributed by atoms with Gasteiger partial charge in [-0.3, -0.25) is 9.69 Å². The van der Waals surface area contributed by atoms with Crippen molar-refractivity contribution in [2.75, 3.05) is 26.2 Å². The van der Waals surface area contributed by atoms with Crippen molar-refractivity contribution in [2.45, 2.75) is 6.04 Å². The van der Waals surface area contributed by atoms with E-state index in [9.17, 15) is 4.79 Å². The molecule has 1 saturated heterocycles. The van der Waals surface area contributed by atoms with Crippen LogP contribution in [-0.2, 0) is 4.79 Å². The van der Waals surface area contributed by atoms with Crippen LogP contribution in [0.3, 0.4) is 0 Å². The molecule has 0 unspecified atom stereocenters. The molecule has 0 N–H and O–H groups in total. The maximum Gasteiger partial charge on any atom is 0.209 e. The molecule has 1 aliphatic rings. The van der Waals surface area contributed by atoms with Crippen molar-refractivity contribution in [1.82, 2.24) is 9.80 Å². The maximum absolute atomic E-state index is 10.9. The first kappa shape index (κ1) is 16.3. The highest BCUT2D eigenvalue weighted by molar-refractivity contribution is 6.30. The molecule has 120 valence electrons. The molecular formula is C18H18Cl2N2O. The van der Waals surface area contributed by atoms with E-state index in [-0.39, 0.29) is 6.04 Å². The van der Waals surface area contributed by atoms with Crippen molar-refractivity contribution in [3.05, 3.63) is 69.7 Å². The number of amides is 1. The first-order valence-corrected chi connectivity index (χ1v) is 8.37. The molecule has 23 heavy (non-hydrogen) atoms. The summed E-state index contributed by atoms with van der Waals surface area (Å²) in [6.45, 7) is 3.19. The Kier molecular flexibility index (Phi) is 5.21. The Hall–Kier alpha value is -1.55. The minimum absolute atomic E-state index is 0.137. The highest BCUT2D eigenvalue weighted by Gasteiger charge is 2.25. The van der Waals surface area contributed by atoms with E-state index in [0.717, 1.165) is 42.6 Å². The first-order valence-electron chi connectivity index (χ1n) is 7.62. The molecule has 2 aromatic carbocycles. The average molecular weight is 349 g/mol. The topological polar surface area (TPSA) is 23.6 Å². The van der Waals surface area contributed by atoms with Crippen molar-refractivity contribution in [3.8, 4) is 0 Å². The molecule has 3 rings (SSSR count). The third-order valence-corrected chi connectivity index (χ3v) is 4.74. The third-order valence-electron chi connectivity index (χ3n) is 4.23.